The van der Waals surface area contributed by atoms with Crippen molar-refractivity contribution >= 4 is 17.1 Å². The van der Waals surface area contributed by atoms with Crippen molar-refractivity contribution in [2.24, 2.45) is 0 Å². The van der Waals surface area contributed by atoms with E-state index in [1.807, 2.05) is 6.92 Å². The number of benzene rings is 2. The van der Waals surface area contributed by atoms with Crippen molar-refractivity contribution in [3.8, 4) is 0 Å². The van der Waals surface area contributed by atoms with Crippen LogP contribution in [0.15, 0.2) is 54.6 Å². The molecule has 1 aliphatic rings. The van der Waals surface area contributed by atoms with Crippen LogP contribution >= 0.6 is 0 Å². The minimum atomic E-state index is -0.372. The van der Waals surface area contributed by atoms with Crippen LogP contribution in [0.5, 0.6) is 0 Å². The van der Waals surface area contributed by atoms with E-state index in [1.165, 1.54) is 17.3 Å². The smallest absolute Gasteiger partial charge is 0.269 e. The lowest BCUT2D eigenvalue weighted by Crippen LogP contribution is -2.18. The van der Waals surface area contributed by atoms with Crippen molar-refractivity contribution in [1.82, 2.24) is 0 Å². The number of aryl methyl sites for hydroxylation is 1. The van der Waals surface area contributed by atoms with E-state index in [0.717, 1.165) is 24.3 Å². The summed E-state index contributed by atoms with van der Waals surface area (Å²) in [4.78, 5) is 12.7. The first kappa shape index (κ1) is 15.1. The van der Waals surface area contributed by atoms with Crippen molar-refractivity contribution in [2.45, 2.75) is 13.5 Å². The first-order valence-electron chi connectivity index (χ1n) is 7.61. The second kappa shape index (κ2) is 6.52. The lowest BCUT2D eigenvalue weighted by Gasteiger charge is -2.18. The van der Waals surface area contributed by atoms with Gasteiger partial charge >= 0.3 is 0 Å². The molecule has 0 saturated carbocycles. The minimum absolute atomic E-state index is 0.122. The third-order valence-electron chi connectivity index (χ3n) is 4.02. The molecule has 0 fully saturated rings. The van der Waals surface area contributed by atoms with Gasteiger partial charge < -0.3 is 10.2 Å². The highest BCUT2D eigenvalue weighted by atomic mass is 16.6. The predicted molar refractivity (Wildman–Crippen MR) is 93.0 cm³/mol. The van der Waals surface area contributed by atoms with Crippen molar-refractivity contribution in [2.75, 3.05) is 23.3 Å². The maximum absolute atomic E-state index is 10.8. The van der Waals surface area contributed by atoms with Gasteiger partial charge in [-0.05, 0) is 36.2 Å². The van der Waals surface area contributed by atoms with Crippen LogP contribution in [0, 0.1) is 17.0 Å². The number of nitrogens with one attached hydrogen (secondary N) is 1. The van der Waals surface area contributed by atoms with Crippen LogP contribution in [-0.4, -0.2) is 18.0 Å². The third-order valence-corrected chi connectivity index (χ3v) is 4.02. The zero-order chi connectivity index (χ0) is 16.2. The normalized spacial score (nSPS) is 13.3. The SMILES string of the molecule is Cc1cc([N+](=O)[O-])ccc1NCc1ccc(N2CC=CC2)cc1. The van der Waals surface area contributed by atoms with Crippen LogP contribution in [0.25, 0.3) is 0 Å². The van der Waals surface area contributed by atoms with Crippen molar-refractivity contribution in [1.29, 1.82) is 0 Å². The van der Waals surface area contributed by atoms with Gasteiger partial charge in [0, 0.05) is 43.1 Å². The zero-order valence-electron chi connectivity index (χ0n) is 13.0. The van der Waals surface area contributed by atoms with Crippen LogP contribution in [0.4, 0.5) is 17.1 Å². The Morgan fingerprint density at radius 1 is 1.13 bits per heavy atom. The predicted octanol–water partition coefficient (Wildman–Crippen LogP) is 3.89. The topological polar surface area (TPSA) is 58.4 Å². The number of hydrogen-bond donors (Lipinski definition) is 1. The number of anilines is 2. The van der Waals surface area contributed by atoms with E-state index in [0.29, 0.717) is 6.54 Å². The monoisotopic (exact) mass is 309 g/mol. The Morgan fingerprint density at radius 3 is 2.43 bits per heavy atom. The van der Waals surface area contributed by atoms with E-state index in [4.69, 9.17) is 0 Å². The second-order valence-electron chi connectivity index (χ2n) is 5.65. The van der Waals surface area contributed by atoms with Crippen LogP contribution in [0.1, 0.15) is 11.1 Å². The lowest BCUT2D eigenvalue weighted by molar-refractivity contribution is -0.384. The van der Waals surface area contributed by atoms with Crippen LogP contribution in [0.3, 0.4) is 0 Å². The Hall–Kier alpha value is -2.82. The average Bonchev–Trinajstić information content (AvgIpc) is 3.08. The van der Waals surface area contributed by atoms with Gasteiger partial charge in [0.25, 0.3) is 5.69 Å². The van der Waals surface area contributed by atoms with Crippen molar-refractivity contribution in [3.05, 3.63) is 75.9 Å². The summed E-state index contributed by atoms with van der Waals surface area (Å²) in [6.45, 7) is 4.51. The molecule has 0 amide bonds. The van der Waals surface area contributed by atoms with Gasteiger partial charge in [-0.25, -0.2) is 0 Å². The molecule has 0 radical (unpaired) electrons. The summed E-state index contributed by atoms with van der Waals surface area (Å²) in [5.74, 6) is 0. The van der Waals surface area contributed by atoms with E-state index in [1.54, 1.807) is 12.1 Å². The molecule has 5 heteroatoms. The molecule has 2 aromatic carbocycles. The molecule has 0 aliphatic carbocycles. The minimum Gasteiger partial charge on any atom is -0.381 e. The zero-order valence-corrected chi connectivity index (χ0v) is 13.0. The van der Waals surface area contributed by atoms with Crippen molar-refractivity contribution in [3.63, 3.8) is 0 Å². The highest BCUT2D eigenvalue weighted by molar-refractivity contribution is 5.56. The summed E-state index contributed by atoms with van der Waals surface area (Å²) in [5, 5.41) is 14.1. The van der Waals surface area contributed by atoms with Crippen LogP contribution in [0.2, 0.25) is 0 Å². The highest BCUT2D eigenvalue weighted by Crippen LogP contribution is 2.22. The van der Waals surface area contributed by atoms with E-state index in [9.17, 15) is 10.1 Å². The summed E-state index contributed by atoms with van der Waals surface area (Å²) < 4.78 is 0. The quantitative estimate of drug-likeness (QED) is 0.517. The molecule has 0 aromatic heterocycles. The fraction of sp³-hybridized carbons (Fsp3) is 0.222. The molecule has 0 atom stereocenters. The van der Waals surface area contributed by atoms with E-state index >= 15 is 0 Å². The molecule has 0 bridgehead atoms. The molecule has 0 spiro atoms. The van der Waals surface area contributed by atoms with Crippen LogP contribution in [-0.2, 0) is 6.54 Å². The fourth-order valence-electron chi connectivity index (χ4n) is 2.67. The Balaban J connectivity index is 1.63. The van der Waals surface area contributed by atoms with Crippen LogP contribution < -0.4 is 10.2 Å². The molecule has 1 N–H and O–H groups in total. The fourth-order valence-corrected chi connectivity index (χ4v) is 2.67. The molecule has 3 rings (SSSR count). The number of rotatable bonds is 5. The Morgan fingerprint density at radius 2 is 1.83 bits per heavy atom. The van der Waals surface area contributed by atoms with Gasteiger partial charge in [0.15, 0.2) is 0 Å². The molecule has 0 unspecified atom stereocenters. The molecule has 2 aromatic rings. The summed E-state index contributed by atoms with van der Waals surface area (Å²) in [6.07, 6.45) is 4.35. The van der Waals surface area contributed by atoms with E-state index < -0.39 is 0 Å². The molecule has 118 valence electrons. The number of nitro benzene ring substituents is 1. The number of nitro groups is 1. The molecule has 1 aliphatic heterocycles. The first-order valence-corrected chi connectivity index (χ1v) is 7.61. The summed E-state index contributed by atoms with van der Waals surface area (Å²) in [6, 6.07) is 13.4. The van der Waals surface area contributed by atoms with E-state index in [-0.39, 0.29) is 10.6 Å². The standard InChI is InChI=1S/C18H19N3O2/c1-14-12-17(21(22)23)8-9-18(14)19-13-15-4-6-16(7-5-15)20-10-2-3-11-20/h2-9,12,19H,10-11,13H2,1H3. The second-order valence-corrected chi connectivity index (χ2v) is 5.65. The maximum atomic E-state index is 10.8. The Labute approximate surface area is 135 Å². The Kier molecular flexibility index (Phi) is 4.28. The lowest BCUT2D eigenvalue weighted by atomic mass is 10.1. The summed E-state index contributed by atoms with van der Waals surface area (Å²) >= 11 is 0. The van der Waals surface area contributed by atoms with Gasteiger partial charge in [-0.2, -0.15) is 0 Å². The van der Waals surface area contributed by atoms with Gasteiger partial charge in [0.1, 0.15) is 0 Å². The highest BCUT2D eigenvalue weighted by Gasteiger charge is 2.09. The van der Waals surface area contributed by atoms with Gasteiger partial charge in [-0.15, -0.1) is 0 Å². The molecular formula is C18H19N3O2. The average molecular weight is 309 g/mol. The molecule has 23 heavy (non-hydrogen) atoms. The number of non-ortho nitro benzene ring substituents is 1. The van der Waals surface area contributed by atoms with Gasteiger partial charge in [-0.1, -0.05) is 24.3 Å². The molecule has 5 nitrogen and oxygen atoms in total. The molecule has 1 heterocycles. The molecule has 0 saturated heterocycles. The third kappa shape index (κ3) is 3.51. The van der Waals surface area contributed by atoms with Gasteiger partial charge in [0.05, 0.1) is 4.92 Å². The summed E-state index contributed by atoms with van der Waals surface area (Å²) in [5.41, 5.74) is 4.32. The largest absolute Gasteiger partial charge is 0.381 e. The van der Waals surface area contributed by atoms with E-state index in [2.05, 4.69) is 46.6 Å². The number of hydrogen-bond acceptors (Lipinski definition) is 4. The van der Waals surface area contributed by atoms with Gasteiger partial charge in [-0.3, -0.25) is 10.1 Å². The maximum Gasteiger partial charge on any atom is 0.269 e. The molecular weight excluding hydrogens is 290 g/mol. The Bertz CT molecular complexity index is 730. The van der Waals surface area contributed by atoms with Crippen molar-refractivity contribution < 1.29 is 4.92 Å². The first-order chi connectivity index (χ1) is 11.1. The number of nitrogens with zero attached hydrogens (tertiary/aromatic N) is 2. The summed E-state index contributed by atoms with van der Waals surface area (Å²) in [7, 11) is 0. The van der Waals surface area contributed by atoms with Gasteiger partial charge in [0.2, 0.25) is 0 Å².